The first kappa shape index (κ1) is 14.4. The molecule has 0 unspecified atom stereocenters. The Morgan fingerprint density at radius 2 is 2.30 bits per heavy atom. The lowest BCUT2D eigenvalue weighted by Crippen LogP contribution is -2.20. The number of aromatic carboxylic acids is 1. The van der Waals surface area contributed by atoms with Crippen LogP contribution in [0.5, 0.6) is 0 Å². The number of carbonyl (C=O) groups is 2. The fraction of sp³-hybridized carbons (Fsp3) is 0.167. The predicted octanol–water partition coefficient (Wildman–Crippen LogP) is 1.94. The molecule has 2 heterocycles. The summed E-state index contributed by atoms with van der Waals surface area (Å²) in [6.07, 6.45) is 4.80. The zero-order valence-corrected chi connectivity index (χ0v) is 12.1. The van der Waals surface area contributed by atoms with Gasteiger partial charge >= 0.3 is 5.97 Å². The molecule has 0 fully saturated rings. The number of carbonyl (C=O) groups excluding carboxylic acids is 1. The van der Waals surface area contributed by atoms with Crippen LogP contribution in [0.4, 0.5) is 0 Å². The number of carboxylic acids is 1. The predicted molar refractivity (Wildman–Crippen MR) is 76.8 cm³/mol. The van der Waals surface area contributed by atoms with Crippen molar-refractivity contribution in [2.45, 2.75) is 13.5 Å². The highest BCUT2D eigenvalue weighted by atomic mass is 32.1. The summed E-state index contributed by atoms with van der Waals surface area (Å²) < 4.78 is 0. The molecule has 104 valence electrons. The second kappa shape index (κ2) is 6.40. The van der Waals surface area contributed by atoms with Crippen LogP contribution in [0, 0.1) is 6.92 Å². The zero-order chi connectivity index (χ0) is 14.5. The molecule has 1 amide bonds. The van der Waals surface area contributed by atoms with E-state index in [1.807, 2.05) is 6.92 Å². The second-order valence-corrected chi connectivity index (χ2v) is 5.97. The molecule has 0 aromatic carbocycles. The number of nitrogens with zero attached hydrogens (tertiary/aromatic N) is 2. The SMILES string of the molecule is Cc1ncc(/C=C/C(=O)NCc2nc(C(=O)O)cs2)s1. The fourth-order valence-electron chi connectivity index (χ4n) is 1.32. The molecule has 0 aliphatic carbocycles. The summed E-state index contributed by atoms with van der Waals surface area (Å²) in [4.78, 5) is 31.1. The van der Waals surface area contributed by atoms with Crippen LogP contribution in [0.15, 0.2) is 17.7 Å². The molecule has 2 aromatic heterocycles. The fourth-order valence-corrected chi connectivity index (χ4v) is 2.72. The minimum atomic E-state index is -1.07. The lowest BCUT2D eigenvalue weighted by atomic mass is 10.4. The summed E-state index contributed by atoms with van der Waals surface area (Å²) in [6.45, 7) is 2.10. The number of rotatable bonds is 5. The van der Waals surface area contributed by atoms with Crippen LogP contribution in [-0.2, 0) is 11.3 Å². The minimum absolute atomic E-state index is 0.00470. The smallest absolute Gasteiger partial charge is 0.355 e. The number of amides is 1. The van der Waals surface area contributed by atoms with E-state index >= 15 is 0 Å². The van der Waals surface area contributed by atoms with Gasteiger partial charge in [0.1, 0.15) is 5.01 Å². The summed E-state index contributed by atoms with van der Waals surface area (Å²) in [5.41, 5.74) is -0.00470. The summed E-state index contributed by atoms with van der Waals surface area (Å²) in [7, 11) is 0. The van der Waals surface area contributed by atoms with Crippen LogP contribution in [0.25, 0.3) is 6.08 Å². The van der Waals surface area contributed by atoms with Crippen LogP contribution < -0.4 is 5.32 Å². The highest BCUT2D eigenvalue weighted by Gasteiger charge is 2.08. The molecule has 8 heteroatoms. The Labute approximate surface area is 122 Å². The molecule has 0 spiro atoms. The van der Waals surface area contributed by atoms with Gasteiger partial charge in [-0.15, -0.1) is 22.7 Å². The Morgan fingerprint density at radius 1 is 1.50 bits per heavy atom. The number of hydrogen-bond donors (Lipinski definition) is 2. The van der Waals surface area contributed by atoms with E-state index in [0.717, 1.165) is 9.88 Å². The minimum Gasteiger partial charge on any atom is -0.476 e. The molecule has 0 aliphatic heterocycles. The summed E-state index contributed by atoms with van der Waals surface area (Å²) in [5.74, 6) is -1.33. The maximum absolute atomic E-state index is 11.6. The van der Waals surface area contributed by atoms with Gasteiger partial charge in [0.25, 0.3) is 0 Å². The number of carboxylic acid groups (broad SMARTS) is 1. The molecular weight excluding hydrogens is 298 g/mol. The zero-order valence-electron chi connectivity index (χ0n) is 10.5. The van der Waals surface area contributed by atoms with Gasteiger partial charge in [0.05, 0.1) is 11.6 Å². The molecule has 20 heavy (non-hydrogen) atoms. The Hall–Kier alpha value is -2.06. The van der Waals surface area contributed by atoms with Crippen LogP contribution in [-0.4, -0.2) is 27.0 Å². The normalized spacial score (nSPS) is 10.8. The number of thiazole rings is 2. The lowest BCUT2D eigenvalue weighted by molar-refractivity contribution is -0.116. The first-order chi connectivity index (χ1) is 9.54. The van der Waals surface area contributed by atoms with Crippen LogP contribution in [0.3, 0.4) is 0 Å². The number of nitrogens with one attached hydrogen (secondary N) is 1. The molecule has 0 aliphatic rings. The average Bonchev–Trinajstić information content (AvgIpc) is 3.03. The van der Waals surface area contributed by atoms with Gasteiger partial charge in [-0.2, -0.15) is 0 Å². The van der Waals surface area contributed by atoms with Gasteiger partial charge in [0, 0.05) is 22.5 Å². The van der Waals surface area contributed by atoms with Gasteiger partial charge in [0.15, 0.2) is 5.69 Å². The second-order valence-electron chi connectivity index (χ2n) is 3.76. The Bertz CT molecular complexity index is 660. The van der Waals surface area contributed by atoms with Crippen molar-refractivity contribution in [1.82, 2.24) is 15.3 Å². The van der Waals surface area contributed by atoms with E-state index in [-0.39, 0.29) is 18.1 Å². The molecule has 0 atom stereocenters. The number of aromatic nitrogens is 2. The first-order valence-electron chi connectivity index (χ1n) is 5.60. The van der Waals surface area contributed by atoms with Gasteiger partial charge in [-0.05, 0) is 13.0 Å². The molecule has 0 bridgehead atoms. The van der Waals surface area contributed by atoms with E-state index in [1.54, 1.807) is 12.3 Å². The van der Waals surface area contributed by atoms with Gasteiger partial charge in [0.2, 0.25) is 5.91 Å². The topological polar surface area (TPSA) is 92.2 Å². The molecule has 0 radical (unpaired) electrons. The number of hydrogen-bond acceptors (Lipinski definition) is 6. The van der Waals surface area contributed by atoms with E-state index < -0.39 is 5.97 Å². The molecule has 6 nitrogen and oxygen atoms in total. The van der Waals surface area contributed by atoms with Crippen molar-refractivity contribution >= 4 is 40.6 Å². The third kappa shape index (κ3) is 3.97. The standard InChI is InChI=1S/C12H11N3O3S2/c1-7-13-4-8(20-7)2-3-10(16)14-5-11-15-9(6-19-11)12(17)18/h2-4,6H,5H2,1H3,(H,14,16)(H,17,18)/b3-2+. The molecule has 0 saturated heterocycles. The van der Waals surface area contributed by atoms with Crippen molar-refractivity contribution in [2.24, 2.45) is 0 Å². The van der Waals surface area contributed by atoms with Crippen molar-refractivity contribution in [2.75, 3.05) is 0 Å². The van der Waals surface area contributed by atoms with Crippen LogP contribution >= 0.6 is 22.7 Å². The molecule has 2 rings (SSSR count). The van der Waals surface area contributed by atoms with Crippen LogP contribution in [0.2, 0.25) is 0 Å². The summed E-state index contributed by atoms with van der Waals surface area (Å²) in [5, 5.41) is 14.3. The molecule has 2 N–H and O–H groups in total. The summed E-state index contributed by atoms with van der Waals surface area (Å²) in [6, 6.07) is 0. The highest BCUT2D eigenvalue weighted by molar-refractivity contribution is 7.12. The maximum atomic E-state index is 11.6. The summed E-state index contributed by atoms with van der Waals surface area (Å²) >= 11 is 2.70. The highest BCUT2D eigenvalue weighted by Crippen LogP contribution is 2.13. The van der Waals surface area contributed by atoms with E-state index in [0.29, 0.717) is 5.01 Å². The molecular formula is C12H11N3O3S2. The quantitative estimate of drug-likeness (QED) is 0.823. The number of aryl methyl sites for hydroxylation is 1. The van der Waals surface area contributed by atoms with Crippen molar-refractivity contribution in [3.8, 4) is 0 Å². The van der Waals surface area contributed by atoms with E-state index in [2.05, 4.69) is 15.3 Å². The maximum Gasteiger partial charge on any atom is 0.355 e. The van der Waals surface area contributed by atoms with E-state index in [9.17, 15) is 9.59 Å². The first-order valence-corrected chi connectivity index (χ1v) is 7.30. The van der Waals surface area contributed by atoms with E-state index in [1.165, 1.54) is 34.1 Å². The van der Waals surface area contributed by atoms with Crippen molar-refractivity contribution in [3.05, 3.63) is 38.2 Å². The van der Waals surface area contributed by atoms with E-state index in [4.69, 9.17) is 5.11 Å². The largest absolute Gasteiger partial charge is 0.476 e. The monoisotopic (exact) mass is 309 g/mol. The van der Waals surface area contributed by atoms with Gasteiger partial charge in [-0.3, -0.25) is 4.79 Å². The Kier molecular flexibility index (Phi) is 4.59. The third-order valence-corrected chi connectivity index (χ3v) is 3.95. The van der Waals surface area contributed by atoms with Gasteiger partial charge in [-0.1, -0.05) is 0 Å². The lowest BCUT2D eigenvalue weighted by Gasteiger charge is -1.97. The van der Waals surface area contributed by atoms with Crippen molar-refractivity contribution < 1.29 is 14.7 Å². The van der Waals surface area contributed by atoms with Crippen molar-refractivity contribution in [1.29, 1.82) is 0 Å². The van der Waals surface area contributed by atoms with Gasteiger partial charge < -0.3 is 10.4 Å². The average molecular weight is 309 g/mol. The third-order valence-electron chi connectivity index (χ3n) is 2.22. The molecule has 0 saturated carbocycles. The molecule has 2 aromatic rings. The Balaban J connectivity index is 1.85. The van der Waals surface area contributed by atoms with Crippen molar-refractivity contribution in [3.63, 3.8) is 0 Å². The van der Waals surface area contributed by atoms with Crippen LogP contribution in [0.1, 0.15) is 25.4 Å². The van der Waals surface area contributed by atoms with Gasteiger partial charge in [-0.25, -0.2) is 14.8 Å². The Morgan fingerprint density at radius 3 is 2.90 bits per heavy atom.